The smallest absolute Gasteiger partial charge is 0.330 e. The van der Waals surface area contributed by atoms with Crippen molar-refractivity contribution in [1.29, 1.82) is 0 Å². The molecule has 0 heterocycles. The van der Waals surface area contributed by atoms with Crippen LogP contribution in [0.4, 0.5) is 0 Å². The van der Waals surface area contributed by atoms with Gasteiger partial charge in [0, 0.05) is 20.3 Å². The molecular weight excluding hydrogens is 211 g/mol. The molecule has 0 saturated carbocycles. The number of phosphoric ester groups is 1. The summed E-state index contributed by atoms with van der Waals surface area (Å²) in [6, 6.07) is 0. The Kier molecular flexibility index (Phi) is 10.0. The standard InChI is InChI=1S/C5H8O2.C2H7O4P/c1-3-5(6)7-4-2;1-5-7(3,4)6-2/h3H,1,4H2,2H3;1-2H3,(H,3,4)/p-1. The van der Waals surface area contributed by atoms with Crippen LogP contribution in [0, 0.1) is 0 Å². The lowest BCUT2D eigenvalue weighted by Gasteiger charge is -2.16. The Morgan fingerprint density at radius 1 is 1.50 bits per heavy atom. The van der Waals surface area contributed by atoms with Gasteiger partial charge in [-0.1, -0.05) is 6.58 Å². The monoisotopic (exact) mass is 225 g/mol. The zero-order valence-corrected chi connectivity index (χ0v) is 9.28. The summed E-state index contributed by atoms with van der Waals surface area (Å²) in [6.07, 6.45) is 1.14. The molecule has 0 rings (SSSR count). The molecule has 0 spiro atoms. The van der Waals surface area contributed by atoms with Crippen molar-refractivity contribution in [2.45, 2.75) is 6.92 Å². The molecule has 6 nitrogen and oxygen atoms in total. The summed E-state index contributed by atoms with van der Waals surface area (Å²) in [5, 5.41) is 0. The highest BCUT2D eigenvalue weighted by Gasteiger charge is 1.98. The van der Waals surface area contributed by atoms with Gasteiger partial charge in [0.2, 0.25) is 0 Å². The summed E-state index contributed by atoms with van der Waals surface area (Å²) >= 11 is 0. The Balaban J connectivity index is 0. The number of phosphoric acid groups is 1. The lowest BCUT2D eigenvalue weighted by Crippen LogP contribution is -2.02. The number of ether oxygens (including phenoxy) is 1. The van der Waals surface area contributed by atoms with Crippen molar-refractivity contribution in [3.8, 4) is 0 Å². The van der Waals surface area contributed by atoms with E-state index < -0.39 is 7.82 Å². The van der Waals surface area contributed by atoms with Crippen molar-refractivity contribution in [3.63, 3.8) is 0 Å². The lowest BCUT2D eigenvalue weighted by molar-refractivity contribution is -0.220. The number of hydrogen-bond donors (Lipinski definition) is 0. The van der Waals surface area contributed by atoms with Crippen molar-refractivity contribution < 1.29 is 28.0 Å². The molecule has 0 atom stereocenters. The van der Waals surface area contributed by atoms with Gasteiger partial charge in [-0.15, -0.1) is 0 Å². The van der Waals surface area contributed by atoms with E-state index in [0.29, 0.717) is 6.61 Å². The van der Waals surface area contributed by atoms with Gasteiger partial charge in [-0.25, -0.2) is 4.79 Å². The zero-order chi connectivity index (χ0) is 11.6. The van der Waals surface area contributed by atoms with Gasteiger partial charge in [0.25, 0.3) is 7.82 Å². The SMILES string of the molecule is C=CC(=O)OCC.COP(=O)([O-])OC. The maximum atomic E-state index is 10.1. The van der Waals surface area contributed by atoms with Crippen molar-refractivity contribution in [2.75, 3.05) is 20.8 Å². The Bertz CT molecular complexity index is 206. The van der Waals surface area contributed by atoms with Gasteiger partial charge >= 0.3 is 5.97 Å². The molecule has 14 heavy (non-hydrogen) atoms. The topological polar surface area (TPSA) is 84.9 Å². The molecule has 84 valence electrons. The third kappa shape index (κ3) is 11.3. The number of esters is 1. The van der Waals surface area contributed by atoms with Gasteiger partial charge in [0.05, 0.1) is 6.61 Å². The first-order chi connectivity index (χ1) is 6.43. The Labute approximate surface area is 83.1 Å². The molecule has 0 radical (unpaired) electrons. The second-order valence-corrected chi connectivity index (χ2v) is 3.39. The number of carbonyl (C=O) groups is 1. The van der Waals surface area contributed by atoms with Crippen LogP contribution < -0.4 is 4.89 Å². The van der Waals surface area contributed by atoms with Crippen LogP contribution in [0.1, 0.15) is 6.92 Å². The van der Waals surface area contributed by atoms with Gasteiger partial charge in [-0.2, -0.15) is 0 Å². The number of rotatable bonds is 4. The summed E-state index contributed by atoms with van der Waals surface area (Å²) in [5.74, 6) is -0.359. The molecule has 0 fully saturated rings. The van der Waals surface area contributed by atoms with E-state index in [2.05, 4.69) is 20.4 Å². The van der Waals surface area contributed by atoms with Gasteiger partial charge < -0.3 is 18.7 Å². The molecule has 0 aromatic heterocycles. The fourth-order valence-electron chi connectivity index (χ4n) is 0.276. The van der Waals surface area contributed by atoms with Gasteiger partial charge in [0.1, 0.15) is 0 Å². The van der Waals surface area contributed by atoms with E-state index in [4.69, 9.17) is 0 Å². The number of carbonyl (C=O) groups excluding carboxylic acids is 1. The van der Waals surface area contributed by atoms with Crippen molar-refractivity contribution >= 4 is 13.8 Å². The highest BCUT2D eigenvalue weighted by Crippen LogP contribution is 2.34. The van der Waals surface area contributed by atoms with E-state index in [9.17, 15) is 14.3 Å². The normalized spacial score (nSPS) is 9.71. The van der Waals surface area contributed by atoms with Gasteiger partial charge in [-0.3, -0.25) is 4.57 Å². The molecule has 0 N–H and O–H groups in total. The van der Waals surface area contributed by atoms with Crippen LogP contribution in [0.15, 0.2) is 12.7 Å². The fraction of sp³-hybridized carbons (Fsp3) is 0.571. The second kappa shape index (κ2) is 8.90. The van der Waals surface area contributed by atoms with E-state index in [1.807, 2.05) is 0 Å². The molecule has 0 bridgehead atoms. The van der Waals surface area contributed by atoms with Crippen LogP contribution >= 0.6 is 7.82 Å². The molecular formula is C7H14O6P-. The van der Waals surface area contributed by atoms with Crippen LogP contribution in [0.3, 0.4) is 0 Å². The Morgan fingerprint density at radius 3 is 2.00 bits per heavy atom. The van der Waals surface area contributed by atoms with Crippen molar-refractivity contribution in [1.82, 2.24) is 0 Å². The molecule has 0 unspecified atom stereocenters. The summed E-state index contributed by atoms with van der Waals surface area (Å²) < 4.78 is 22.1. The maximum Gasteiger partial charge on any atom is 0.330 e. The van der Waals surface area contributed by atoms with Crippen molar-refractivity contribution in [2.24, 2.45) is 0 Å². The molecule has 0 aliphatic heterocycles. The summed E-state index contributed by atoms with van der Waals surface area (Å²) in [4.78, 5) is 20.0. The van der Waals surface area contributed by atoms with Crippen LogP contribution in [-0.4, -0.2) is 26.8 Å². The highest BCUT2D eigenvalue weighted by atomic mass is 31.2. The largest absolute Gasteiger partial charge is 0.756 e. The zero-order valence-electron chi connectivity index (χ0n) is 8.39. The summed E-state index contributed by atoms with van der Waals surface area (Å²) in [6.45, 7) is 5.38. The van der Waals surface area contributed by atoms with E-state index in [0.717, 1.165) is 20.3 Å². The molecule has 0 aromatic carbocycles. The second-order valence-electron chi connectivity index (χ2n) is 1.77. The molecule has 0 aliphatic rings. The number of hydrogen-bond acceptors (Lipinski definition) is 6. The minimum absolute atomic E-state index is 0.359. The van der Waals surface area contributed by atoms with Crippen LogP contribution in [-0.2, 0) is 23.1 Å². The van der Waals surface area contributed by atoms with Crippen LogP contribution in [0.2, 0.25) is 0 Å². The van der Waals surface area contributed by atoms with Gasteiger partial charge in [0.15, 0.2) is 0 Å². The van der Waals surface area contributed by atoms with E-state index in [1.54, 1.807) is 6.92 Å². The molecule has 0 aromatic rings. The van der Waals surface area contributed by atoms with E-state index >= 15 is 0 Å². The third-order valence-corrected chi connectivity index (χ3v) is 1.79. The average molecular weight is 225 g/mol. The predicted molar refractivity (Wildman–Crippen MR) is 48.5 cm³/mol. The quantitative estimate of drug-likeness (QED) is 0.393. The summed E-state index contributed by atoms with van der Waals surface area (Å²) in [5.41, 5.74) is 0. The van der Waals surface area contributed by atoms with Crippen molar-refractivity contribution in [3.05, 3.63) is 12.7 Å². The molecule has 0 aliphatic carbocycles. The molecule has 0 saturated heterocycles. The predicted octanol–water partition coefficient (Wildman–Crippen LogP) is 0.483. The first-order valence-electron chi connectivity index (χ1n) is 3.65. The first-order valence-corrected chi connectivity index (χ1v) is 5.11. The fourth-order valence-corrected chi connectivity index (χ4v) is 0.425. The minimum Gasteiger partial charge on any atom is -0.756 e. The summed E-state index contributed by atoms with van der Waals surface area (Å²) in [7, 11) is -1.83. The Morgan fingerprint density at radius 2 is 1.93 bits per heavy atom. The molecule has 0 amide bonds. The third-order valence-electron chi connectivity index (χ3n) is 0.900. The van der Waals surface area contributed by atoms with E-state index in [1.165, 1.54) is 0 Å². The van der Waals surface area contributed by atoms with Crippen LogP contribution in [0.25, 0.3) is 0 Å². The minimum atomic E-state index is -3.90. The van der Waals surface area contributed by atoms with Crippen LogP contribution in [0.5, 0.6) is 0 Å². The first kappa shape index (κ1) is 15.8. The maximum absolute atomic E-state index is 10.1. The lowest BCUT2D eigenvalue weighted by atomic mass is 10.6. The Hall–Kier alpha value is -0.680. The average Bonchev–Trinajstić information content (AvgIpc) is 2.19. The van der Waals surface area contributed by atoms with Gasteiger partial charge in [-0.05, 0) is 6.92 Å². The van der Waals surface area contributed by atoms with E-state index in [-0.39, 0.29) is 5.97 Å². The molecule has 7 heteroatoms. The highest BCUT2D eigenvalue weighted by molar-refractivity contribution is 7.45.